The first-order chi connectivity index (χ1) is 6.20. The Morgan fingerprint density at radius 2 is 2.23 bits per heavy atom. The van der Waals surface area contributed by atoms with E-state index in [1.807, 2.05) is 19.1 Å². The highest BCUT2D eigenvalue weighted by Gasteiger charge is 1.91. The lowest BCUT2D eigenvalue weighted by Gasteiger charge is -1.95. The van der Waals surface area contributed by atoms with Crippen LogP contribution in [0.15, 0.2) is 23.8 Å². The van der Waals surface area contributed by atoms with Gasteiger partial charge in [0, 0.05) is 0 Å². The van der Waals surface area contributed by atoms with Crippen LogP contribution in [0.1, 0.15) is 33.1 Å². The zero-order valence-corrected chi connectivity index (χ0v) is 8.36. The smallest absolute Gasteiger partial charge is 0.146 e. The van der Waals surface area contributed by atoms with E-state index in [-0.39, 0.29) is 6.10 Å². The van der Waals surface area contributed by atoms with Crippen molar-refractivity contribution in [1.29, 1.82) is 0 Å². The molecule has 2 nitrogen and oxygen atoms in total. The Hall–Kier alpha value is -0.890. The van der Waals surface area contributed by atoms with Crippen LogP contribution in [0, 0.1) is 0 Å². The maximum atomic E-state index is 10.5. The van der Waals surface area contributed by atoms with Crippen molar-refractivity contribution < 1.29 is 9.90 Å². The lowest BCUT2D eigenvalue weighted by Crippen LogP contribution is -1.95. The van der Waals surface area contributed by atoms with E-state index < -0.39 is 0 Å². The van der Waals surface area contributed by atoms with Crippen LogP contribution >= 0.6 is 0 Å². The predicted molar refractivity (Wildman–Crippen MR) is 54.5 cm³/mol. The minimum Gasteiger partial charge on any atom is -0.393 e. The van der Waals surface area contributed by atoms with E-state index >= 15 is 0 Å². The van der Waals surface area contributed by atoms with E-state index in [0.29, 0.717) is 6.42 Å². The Morgan fingerprint density at radius 3 is 2.69 bits per heavy atom. The molecule has 0 heterocycles. The van der Waals surface area contributed by atoms with Crippen LogP contribution in [0.25, 0.3) is 0 Å². The molecule has 13 heavy (non-hydrogen) atoms. The molecule has 0 aromatic rings. The number of rotatable bonds is 6. The second-order valence-corrected chi connectivity index (χ2v) is 3.12. The summed E-state index contributed by atoms with van der Waals surface area (Å²) in [7, 11) is 0. The summed E-state index contributed by atoms with van der Waals surface area (Å²) in [6, 6.07) is 0. The van der Waals surface area contributed by atoms with Gasteiger partial charge in [0.1, 0.15) is 6.29 Å². The number of carbonyl (C=O) groups excluding carboxylic acids is 1. The monoisotopic (exact) mass is 182 g/mol. The van der Waals surface area contributed by atoms with Crippen LogP contribution < -0.4 is 0 Å². The SMILES string of the molecule is CCC/C(C=O)=C\C=C\C[C@@H](C)O. The molecule has 0 aliphatic heterocycles. The molecule has 0 radical (unpaired) electrons. The molecule has 74 valence electrons. The molecule has 0 aromatic carbocycles. The van der Waals surface area contributed by atoms with E-state index in [1.165, 1.54) is 0 Å². The normalized spacial score (nSPS) is 14.8. The van der Waals surface area contributed by atoms with Crippen molar-refractivity contribution in [2.45, 2.75) is 39.2 Å². The van der Waals surface area contributed by atoms with Crippen LogP contribution in [0.4, 0.5) is 0 Å². The van der Waals surface area contributed by atoms with Crippen LogP contribution in [0.3, 0.4) is 0 Å². The molecule has 0 aliphatic rings. The van der Waals surface area contributed by atoms with Crippen molar-refractivity contribution in [3.05, 3.63) is 23.8 Å². The van der Waals surface area contributed by atoms with Gasteiger partial charge in [0.25, 0.3) is 0 Å². The second kappa shape index (κ2) is 7.74. The molecule has 0 amide bonds. The summed E-state index contributed by atoms with van der Waals surface area (Å²) in [5, 5.41) is 8.94. The lowest BCUT2D eigenvalue weighted by atomic mass is 10.1. The Balaban J connectivity index is 3.90. The van der Waals surface area contributed by atoms with Gasteiger partial charge < -0.3 is 5.11 Å². The van der Waals surface area contributed by atoms with Crippen LogP contribution in [0.2, 0.25) is 0 Å². The fourth-order valence-electron chi connectivity index (χ4n) is 0.937. The molecule has 0 fully saturated rings. The molecule has 0 aromatic heterocycles. The molecule has 0 spiro atoms. The molecule has 1 atom stereocenters. The molecular formula is C11H18O2. The summed E-state index contributed by atoms with van der Waals surface area (Å²) in [6.45, 7) is 3.78. The molecule has 0 bridgehead atoms. The number of carbonyl (C=O) groups is 1. The van der Waals surface area contributed by atoms with Gasteiger partial charge in [-0.1, -0.05) is 31.6 Å². The fraction of sp³-hybridized carbons (Fsp3) is 0.545. The molecule has 1 N–H and O–H groups in total. The molecule has 0 saturated heterocycles. The topological polar surface area (TPSA) is 37.3 Å². The van der Waals surface area contributed by atoms with Crippen molar-refractivity contribution in [3.63, 3.8) is 0 Å². The third-order valence-corrected chi connectivity index (χ3v) is 1.61. The second-order valence-electron chi connectivity index (χ2n) is 3.12. The highest BCUT2D eigenvalue weighted by atomic mass is 16.3. The van der Waals surface area contributed by atoms with E-state index in [4.69, 9.17) is 5.11 Å². The third-order valence-electron chi connectivity index (χ3n) is 1.61. The number of allylic oxidation sites excluding steroid dienone is 3. The Labute approximate surface area is 80.0 Å². The van der Waals surface area contributed by atoms with Crippen molar-refractivity contribution in [3.8, 4) is 0 Å². The van der Waals surface area contributed by atoms with Crippen molar-refractivity contribution in [2.75, 3.05) is 0 Å². The highest BCUT2D eigenvalue weighted by molar-refractivity contribution is 5.73. The lowest BCUT2D eigenvalue weighted by molar-refractivity contribution is -0.105. The predicted octanol–water partition coefficient (Wildman–Crippen LogP) is 2.24. The average molecular weight is 182 g/mol. The number of aliphatic hydroxyl groups is 1. The van der Waals surface area contributed by atoms with Gasteiger partial charge in [-0.05, 0) is 25.3 Å². The number of aliphatic hydroxyl groups excluding tert-OH is 1. The molecule has 0 aliphatic carbocycles. The van der Waals surface area contributed by atoms with Gasteiger partial charge in [0.05, 0.1) is 6.10 Å². The first-order valence-corrected chi connectivity index (χ1v) is 4.69. The first kappa shape index (κ1) is 12.1. The summed E-state index contributed by atoms with van der Waals surface area (Å²) >= 11 is 0. The van der Waals surface area contributed by atoms with E-state index in [1.54, 1.807) is 13.0 Å². The summed E-state index contributed by atoms with van der Waals surface area (Å²) in [5.74, 6) is 0. The van der Waals surface area contributed by atoms with E-state index in [2.05, 4.69) is 0 Å². The van der Waals surface area contributed by atoms with Crippen molar-refractivity contribution >= 4 is 6.29 Å². The van der Waals surface area contributed by atoms with Gasteiger partial charge in [-0.3, -0.25) is 4.79 Å². The third kappa shape index (κ3) is 7.47. The molecule has 0 unspecified atom stereocenters. The summed E-state index contributed by atoms with van der Waals surface area (Å²) in [4.78, 5) is 10.5. The van der Waals surface area contributed by atoms with Crippen molar-refractivity contribution in [1.82, 2.24) is 0 Å². The summed E-state index contributed by atoms with van der Waals surface area (Å²) in [5.41, 5.74) is 0.810. The number of hydrogen-bond acceptors (Lipinski definition) is 2. The fourth-order valence-corrected chi connectivity index (χ4v) is 0.937. The average Bonchev–Trinajstić information content (AvgIpc) is 2.10. The minimum atomic E-state index is -0.310. The Morgan fingerprint density at radius 1 is 1.54 bits per heavy atom. The van der Waals surface area contributed by atoms with Gasteiger partial charge in [0.2, 0.25) is 0 Å². The standard InChI is InChI=1S/C11H18O2/c1-3-6-11(9-12)8-5-4-7-10(2)13/h4-5,8-10,13H,3,6-7H2,1-2H3/b5-4+,11-8+/t10-/m1/s1. The van der Waals surface area contributed by atoms with E-state index in [0.717, 1.165) is 24.7 Å². The minimum absolute atomic E-state index is 0.310. The van der Waals surface area contributed by atoms with Gasteiger partial charge >= 0.3 is 0 Å². The maximum absolute atomic E-state index is 10.5. The van der Waals surface area contributed by atoms with Gasteiger partial charge in [-0.2, -0.15) is 0 Å². The van der Waals surface area contributed by atoms with Crippen LogP contribution in [-0.2, 0) is 4.79 Å². The largest absolute Gasteiger partial charge is 0.393 e. The van der Waals surface area contributed by atoms with Gasteiger partial charge in [-0.15, -0.1) is 0 Å². The quantitative estimate of drug-likeness (QED) is 0.388. The number of aldehydes is 1. The van der Waals surface area contributed by atoms with Gasteiger partial charge in [-0.25, -0.2) is 0 Å². The van der Waals surface area contributed by atoms with Crippen LogP contribution in [-0.4, -0.2) is 17.5 Å². The van der Waals surface area contributed by atoms with Crippen molar-refractivity contribution in [2.24, 2.45) is 0 Å². The van der Waals surface area contributed by atoms with Crippen LogP contribution in [0.5, 0.6) is 0 Å². The molecule has 0 rings (SSSR count). The maximum Gasteiger partial charge on any atom is 0.146 e. The molecule has 2 heteroatoms. The summed E-state index contributed by atoms with van der Waals surface area (Å²) in [6.07, 6.45) is 8.51. The van der Waals surface area contributed by atoms with E-state index in [9.17, 15) is 4.79 Å². The molecule has 0 saturated carbocycles. The number of hydrogen-bond donors (Lipinski definition) is 1. The molecular weight excluding hydrogens is 164 g/mol. The zero-order valence-electron chi connectivity index (χ0n) is 8.36. The Kier molecular flexibility index (Phi) is 7.21. The van der Waals surface area contributed by atoms with Gasteiger partial charge in [0.15, 0.2) is 0 Å². The highest BCUT2D eigenvalue weighted by Crippen LogP contribution is 2.01. The first-order valence-electron chi connectivity index (χ1n) is 4.69. The summed E-state index contributed by atoms with van der Waals surface area (Å²) < 4.78 is 0. The zero-order chi connectivity index (χ0) is 10.1. The Bertz CT molecular complexity index is 190.